The molecule has 0 aromatic heterocycles. The Morgan fingerprint density at radius 1 is 0.963 bits per heavy atom. The van der Waals surface area contributed by atoms with Crippen LogP contribution in [0, 0.1) is 0 Å². The highest BCUT2D eigenvalue weighted by Gasteiger charge is 2.01. The molecule has 160 valence electrons. The van der Waals surface area contributed by atoms with Crippen molar-refractivity contribution < 1.29 is 9.90 Å². The van der Waals surface area contributed by atoms with Crippen LogP contribution in [0.1, 0.15) is 96.8 Å². The molecule has 1 amide bonds. The summed E-state index contributed by atoms with van der Waals surface area (Å²) in [5.41, 5.74) is 0. The number of amides is 1. The van der Waals surface area contributed by atoms with Crippen molar-refractivity contribution in [3.63, 3.8) is 0 Å². The van der Waals surface area contributed by atoms with Crippen molar-refractivity contribution in [1.82, 2.24) is 10.2 Å². The van der Waals surface area contributed by atoms with Gasteiger partial charge >= 0.3 is 0 Å². The van der Waals surface area contributed by atoms with Crippen molar-refractivity contribution >= 4 is 5.91 Å². The summed E-state index contributed by atoms with van der Waals surface area (Å²) in [4.78, 5) is 13.8. The number of hydrogen-bond donors (Lipinski definition) is 2. The third-order valence-electron chi connectivity index (χ3n) is 4.84. The number of aliphatic hydroxyl groups is 1. The lowest BCUT2D eigenvalue weighted by Crippen LogP contribution is -2.26. The molecular formula is C23H46N2O2. The summed E-state index contributed by atoms with van der Waals surface area (Å²) in [5, 5.41) is 12.9. The number of nitrogens with one attached hydrogen (secondary N) is 1. The predicted molar refractivity (Wildman–Crippen MR) is 117 cm³/mol. The Morgan fingerprint density at radius 2 is 1.67 bits per heavy atom. The zero-order valence-corrected chi connectivity index (χ0v) is 18.3. The van der Waals surface area contributed by atoms with Crippen LogP contribution in [0.15, 0.2) is 12.2 Å². The van der Waals surface area contributed by atoms with Crippen molar-refractivity contribution in [3.8, 4) is 0 Å². The van der Waals surface area contributed by atoms with Crippen LogP contribution in [0.25, 0.3) is 0 Å². The minimum absolute atomic E-state index is 0.160. The minimum Gasteiger partial charge on any atom is -0.393 e. The molecule has 0 saturated heterocycles. The fourth-order valence-electron chi connectivity index (χ4n) is 3.09. The first-order valence-electron chi connectivity index (χ1n) is 11.3. The maximum Gasteiger partial charge on any atom is 0.219 e. The summed E-state index contributed by atoms with van der Waals surface area (Å²) in [6.45, 7) is 4.02. The molecule has 0 fully saturated rings. The molecule has 4 heteroatoms. The first-order valence-corrected chi connectivity index (χ1v) is 11.3. The topological polar surface area (TPSA) is 52.6 Å². The first kappa shape index (κ1) is 26.1. The van der Waals surface area contributed by atoms with Gasteiger partial charge in [0.2, 0.25) is 5.91 Å². The van der Waals surface area contributed by atoms with Crippen molar-refractivity contribution in [2.45, 2.75) is 103 Å². The highest BCUT2D eigenvalue weighted by molar-refractivity contribution is 5.75. The SMILES string of the molecule is CCCCCC[C@@H](O)CC=CCCCCCCCC(=O)NCCCN(C)C. The average Bonchev–Trinajstić information content (AvgIpc) is 2.63. The van der Waals surface area contributed by atoms with E-state index in [2.05, 4.69) is 43.4 Å². The molecular weight excluding hydrogens is 336 g/mol. The zero-order valence-electron chi connectivity index (χ0n) is 18.3. The molecule has 0 aromatic carbocycles. The fraction of sp³-hybridized carbons (Fsp3) is 0.870. The van der Waals surface area contributed by atoms with Crippen molar-refractivity contribution in [1.29, 1.82) is 0 Å². The Hall–Kier alpha value is -0.870. The van der Waals surface area contributed by atoms with Gasteiger partial charge in [0.05, 0.1) is 6.10 Å². The van der Waals surface area contributed by atoms with Gasteiger partial charge in [0.1, 0.15) is 0 Å². The minimum atomic E-state index is -0.160. The lowest BCUT2D eigenvalue weighted by molar-refractivity contribution is -0.121. The van der Waals surface area contributed by atoms with Gasteiger partial charge in [-0.15, -0.1) is 0 Å². The smallest absolute Gasteiger partial charge is 0.219 e. The summed E-state index contributed by atoms with van der Waals surface area (Å²) >= 11 is 0. The maximum atomic E-state index is 11.7. The molecule has 0 aromatic rings. The van der Waals surface area contributed by atoms with Gasteiger partial charge in [-0.2, -0.15) is 0 Å². The molecule has 0 bridgehead atoms. The molecule has 2 N–H and O–H groups in total. The van der Waals surface area contributed by atoms with E-state index in [9.17, 15) is 9.90 Å². The molecule has 0 aliphatic carbocycles. The fourth-order valence-corrected chi connectivity index (χ4v) is 3.09. The van der Waals surface area contributed by atoms with Crippen LogP contribution in [0.3, 0.4) is 0 Å². The molecule has 27 heavy (non-hydrogen) atoms. The van der Waals surface area contributed by atoms with Crippen molar-refractivity contribution in [2.75, 3.05) is 27.2 Å². The summed E-state index contributed by atoms with van der Waals surface area (Å²) in [7, 11) is 4.10. The zero-order chi connectivity index (χ0) is 20.2. The lowest BCUT2D eigenvalue weighted by Gasteiger charge is -2.09. The van der Waals surface area contributed by atoms with Crippen LogP contribution in [0.4, 0.5) is 0 Å². The average molecular weight is 383 g/mol. The van der Waals surface area contributed by atoms with Crippen LogP contribution >= 0.6 is 0 Å². The van der Waals surface area contributed by atoms with E-state index in [1.807, 2.05) is 0 Å². The second kappa shape index (κ2) is 19.9. The lowest BCUT2D eigenvalue weighted by atomic mass is 10.1. The van der Waals surface area contributed by atoms with E-state index >= 15 is 0 Å². The Bertz CT molecular complexity index is 356. The summed E-state index contributed by atoms with van der Waals surface area (Å²) in [5.74, 6) is 0.199. The van der Waals surface area contributed by atoms with Crippen LogP contribution < -0.4 is 5.32 Å². The van der Waals surface area contributed by atoms with E-state index in [0.29, 0.717) is 6.42 Å². The Balaban J connectivity index is 3.33. The van der Waals surface area contributed by atoms with E-state index in [-0.39, 0.29) is 12.0 Å². The van der Waals surface area contributed by atoms with Gasteiger partial charge in [-0.05, 0) is 59.2 Å². The standard InChI is InChI=1S/C23H46N2O2/c1-4-5-6-13-17-22(26)18-14-11-9-7-8-10-12-15-19-23(27)24-20-16-21-25(2)3/h11,14,22,26H,4-10,12-13,15-21H2,1-3H3,(H,24,27)/t22-/m1/s1. The number of carbonyl (C=O) groups excluding carboxylic acids is 1. The summed E-state index contributed by atoms with van der Waals surface area (Å²) < 4.78 is 0. The summed E-state index contributed by atoms with van der Waals surface area (Å²) in [6, 6.07) is 0. The molecule has 0 spiro atoms. The van der Waals surface area contributed by atoms with Crippen LogP contribution in [0.5, 0.6) is 0 Å². The van der Waals surface area contributed by atoms with E-state index < -0.39 is 0 Å². The summed E-state index contributed by atoms with van der Waals surface area (Å²) in [6.07, 6.45) is 19.4. The molecule has 0 heterocycles. The van der Waals surface area contributed by atoms with Gasteiger partial charge in [0, 0.05) is 13.0 Å². The number of allylic oxidation sites excluding steroid dienone is 1. The highest BCUT2D eigenvalue weighted by Crippen LogP contribution is 2.10. The predicted octanol–water partition coefficient (Wildman–Crippen LogP) is 5.06. The molecule has 4 nitrogen and oxygen atoms in total. The normalized spacial score (nSPS) is 12.8. The number of carbonyl (C=O) groups is 1. The van der Waals surface area contributed by atoms with Gasteiger partial charge in [-0.3, -0.25) is 4.79 Å². The Labute approximate surface area is 168 Å². The van der Waals surface area contributed by atoms with Crippen LogP contribution in [-0.2, 0) is 4.79 Å². The molecule has 0 rings (SSSR count). The second-order valence-electron chi connectivity index (χ2n) is 8.02. The Kier molecular flexibility index (Phi) is 19.2. The van der Waals surface area contributed by atoms with Gasteiger partial charge in [-0.1, -0.05) is 64.0 Å². The number of rotatable bonds is 19. The number of aliphatic hydroxyl groups excluding tert-OH is 1. The molecule has 0 saturated carbocycles. The molecule has 0 radical (unpaired) electrons. The maximum absolute atomic E-state index is 11.7. The second-order valence-corrected chi connectivity index (χ2v) is 8.02. The van der Waals surface area contributed by atoms with Crippen LogP contribution in [0.2, 0.25) is 0 Å². The van der Waals surface area contributed by atoms with Gasteiger partial charge in [0.25, 0.3) is 0 Å². The highest BCUT2D eigenvalue weighted by atomic mass is 16.3. The molecule has 0 aliphatic heterocycles. The third-order valence-corrected chi connectivity index (χ3v) is 4.84. The van der Waals surface area contributed by atoms with E-state index in [1.165, 1.54) is 38.5 Å². The van der Waals surface area contributed by atoms with E-state index in [4.69, 9.17) is 0 Å². The quantitative estimate of drug-likeness (QED) is 0.242. The monoisotopic (exact) mass is 382 g/mol. The van der Waals surface area contributed by atoms with Gasteiger partial charge < -0.3 is 15.3 Å². The largest absolute Gasteiger partial charge is 0.393 e. The third kappa shape index (κ3) is 21.3. The van der Waals surface area contributed by atoms with Gasteiger partial charge in [0.15, 0.2) is 0 Å². The van der Waals surface area contributed by atoms with E-state index in [1.54, 1.807) is 0 Å². The molecule has 0 aliphatic rings. The van der Waals surface area contributed by atoms with Gasteiger partial charge in [-0.25, -0.2) is 0 Å². The number of hydrogen-bond acceptors (Lipinski definition) is 3. The van der Waals surface area contributed by atoms with Crippen molar-refractivity contribution in [2.24, 2.45) is 0 Å². The van der Waals surface area contributed by atoms with Crippen LogP contribution in [-0.4, -0.2) is 49.2 Å². The first-order chi connectivity index (χ1) is 13.1. The molecule has 1 atom stereocenters. The Morgan fingerprint density at radius 3 is 2.41 bits per heavy atom. The van der Waals surface area contributed by atoms with Crippen molar-refractivity contribution in [3.05, 3.63) is 12.2 Å². The van der Waals surface area contributed by atoms with E-state index in [0.717, 1.165) is 58.0 Å². The number of nitrogens with zero attached hydrogens (tertiary/aromatic N) is 1. The number of unbranched alkanes of at least 4 members (excludes halogenated alkanes) is 8. The molecule has 0 unspecified atom stereocenters.